The van der Waals surface area contributed by atoms with E-state index in [9.17, 15) is 0 Å². The van der Waals surface area contributed by atoms with Crippen LogP contribution in [0.25, 0.3) is 0 Å². The highest BCUT2D eigenvalue weighted by atomic mass is 16.5. The Bertz CT molecular complexity index is 140. The summed E-state index contributed by atoms with van der Waals surface area (Å²) >= 11 is 0. The number of aliphatic imine (C=N–C) groups is 1. The van der Waals surface area contributed by atoms with Gasteiger partial charge in [0.1, 0.15) is 0 Å². The van der Waals surface area contributed by atoms with Crippen LogP contribution in [0.4, 0.5) is 0 Å². The number of ether oxygens (including phenoxy) is 1. The van der Waals surface area contributed by atoms with Gasteiger partial charge >= 0.3 is 0 Å². The zero-order chi connectivity index (χ0) is 6.69. The third-order valence-electron chi connectivity index (χ3n) is 1.30. The summed E-state index contributed by atoms with van der Waals surface area (Å²) in [5.41, 5.74) is 0. The van der Waals surface area contributed by atoms with E-state index in [1.54, 1.807) is 6.08 Å². The molecule has 1 heterocycles. The van der Waals surface area contributed by atoms with E-state index in [4.69, 9.17) is 4.74 Å². The Balaban J connectivity index is 2.53. The van der Waals surface area contributed by atoms with Crippen LogP contribution in [0.1, 0.15) is 13.3 Å². The van der Waals surface area contributed by atoms with Gasteiger partial charge in [-0.25, -0.2) is 0 Å². The number of hydrogen-bond acceptors (Lipinski definition) is 2. The zero-order valence-corrected chi connectivity index (χ0v) is 5.63. The summed E-state index contributed by atoms with van der Waals surface area (Å²) in [6.45, 7) is 6.48. The minimum absolute atomic E-state index is 0.315. The lowest BCUT2D eigenvalue weighted by molar-refractivity contribution is 0.187. The largest absolute Gasteiger partial charge is 0.475 e. The number of nitrogens with zero attached hydrogens (tertiary/aromatic N) is 1. The smallest absolute Gasteiger partial charge is 0.208 e. The molecule has 0 N–H and O–H groups in total. The molecule has 0 aromatic heterocycles. The number of rotatable bonds is 1. The van der Waals surface area contributed by atoms with Crippen LogP contribution in [0.5, 0.6) is 0 Å². The molecule has 9 heavy (non-hydrogen) atoms. The molecule has 1 aliphatic rings. The lowest BCUT2D eigenvalue weighted by atomic mass is 10.2. The molecule has 50 valence electrons. The Kier molecular flexibility index (Phi) is 1.88. The van der Waals surface area contributed by atoms with Gasteiger partial charge in [0.05, 0.1) is 6.10 Å². The van der Waals surface area contributed by atoms with Crippen molar-refractivity contribution in [3.63, 3.8) is 0 Å². The highest BCUT2D eigenvalue weighted by molar-refractivity contribution is 5.87. The molecular formula is C7H11NO. The minimum atomic E-state index is 0.315. The number of hydrogen-bond donors (Lipinski definition) is 0. The van der Waals surface area contributed by atoms with Crippen molar-refractivity contribution < 1.29 is 4.74 Å². The first-order valence-electron chi connectivity index (χ1n) is 3.16. The molecule has 0 fully saturated rings. The topological polar surface area (TPSA) is 21.6 Å². The molecule has 2 heteroatoms. The molecule has 2 nitrogen and oxygen atoms in total. The lowest BCUT2D eigenvalue weighted by Crippen LogP contribution is -2.19. The predicted octanol–water partition coefficient (Wildman–Crippen LogP) is 1.38. The Morgan fingerprint density at radius 2 is 2.67 bits per heavy atom. The molecule has 0 amide bonds. The van der Waals surface area contributed by atoms with E-state index in [-0.39, 0.29) is 0 Å². The van der Waals surface area contributed by atoms with Crippen LogP contribution >= 0.6 is 0 Å². The van der Waals surface area contributed by atoms with Gasteiger partial charge in [0.2, 0.25) is 5.90 Å². The quantitative estimate of drug-likeness (QED) is 0.518. The molecule has 0 aliphatic carbocycles. The molecule has 0 saturated carbocycles. The fourth-order valence-corrected chi connectivity index (χ4v) is 0.772. The maximum absolute atomic E-state index is 5.27. The van der Waals surface area contributed by atoms with Crippen LogP contribution in [-0.2, 0) is 4.74 Å². The molecule has 0 saturated heterocycles. The van der Waals surface area contributed by atoms with Crippen LogP contribution in [0.2, 0.25) is 0 Å². The Morgan fingerprint density at radius 1 is 1.89 bits per heavy atom. The average Bonchev–Trinajstić information content (AvgIpc) is 1.88. The molecule has 0 bridgehead atoms. The van der Waals surface area contributed by atoms with Gasteiger partial charge in [-0.2, -0.15) is 0 Å². The second-order valence-corrected chi connectivity index (χ2v) is 2.14. The Morgan fingerprint density at radius 3 is 3.11 bits per heavy atom. The SMILES string of the molecule is C=CC1=NCCC(C)O1. The van der Waals surface area contributed by atoms with Crippen molar-refractivity contribution >= 4 is 5.90 Å². The first-order valence-corrected chi connectivity index (χ1v) is 3.16. The third-order valence-corrected chi connectivity index (χ3v) is 1.30. The molecule has 0 aromatic carbocycles. The maximum atomic E-state index is 5.27. The fourth-order valence-electron chi connectivity index (χ4n) is 0.772. The lowest BCUT2D eigenvalue weighted by Gasteiger charge is -2.17. The van der Waals surface area contributed by atoms with E-state index in [1.165, 1.54) is 0 Å². The molecule has 1 atom stereocenters. The van der Waals surface area contributed by atoms with E-state index in [0.29, 0.717) is 12.0 Å². The van der Waals surface area contributed by atoms with Crippen LogP contribution < -0.4 is 0 Å². The van der Waals surface area contributed by atoms with Crippen LogP contribution in [-0.4, -0.2) is 18.5 Å². The van der Waals surface area contributed by atoms with Crippen molar-refractivity contribution in [3.05, 3.63) is 12.7 Å². The fraction of sp³-hybridized carbons (Fsp3) is 0.571. The van der Waals surface area contributed by atoms with Crippen molar-refractivity contribution in [2.75, 3.05) is 6.54 Å². The molecule has 0 radical (unpaired) electrons. The maximum Gasteiger partial charge on any atom is 0.208 e. The summed E-state index contributed by atoms with van der Waals surface area (Å²) in [6, 6.07) is 0. The van der Waals surface area contributed by atoms with Gasteiger partial charge in [-0.1, -0.05) is 6.58 Å². The van der Waals surface area contributed by atoms with Crippen LogP contribution in [0.3, 0.4) is 0 Å². The van der Waals surface area contributed by atoms with E-state index in [1.807, 2.05) is 6.92 Å². The van der Waals surface area contributed by atoms with Crippen molar-refractivity contribution in [2.45, 2.75) is 19.4 Å². The summed E-state index contributed by atoms with van der Waals surface area (Å²) in [5.74, 6) is 0.689. The average molecular weight is 125 g/mol. The van der Waals surface area contributed by atoms with Crippen molar-refractivity contribution in [1.29, 1.82) is 0 Å². The van der Waals surface area contributed by atoms with Gasteiger partial charge in [-0.05, 0) is 13.0 Å². The molecule has 1 unspecified atom stereocenters. The zero-order valence-electron chi connectivity index (χ0n) is 5.63. The van der Waals surface area contributed by atoms with E-state index < -0.39 is 0 Å². The molecule has 0 aromatic rings. The van der Waals surface area contributed by atoms with Crippen molar-refractivity contribution in [3.8, 4) is 0 Å². The van der Waals surface area contributed by atoms with Gasteiger partial charge < -0.3 is 4.74 Å². The summed E-state index contributed by atoms with van der Waals surface area (Å²) < 4.78 is 5.27. The first kappa shape index (κ1) is 6.33. The van der Waals surface area contributed by atoms with Crippen LogP contribution in [0.15, 0.2) is 17.6 Å². The highest BCUT2D eigenvalue weighted by Gasteiger charge is 2.08. The molecular weight excluding hydrogens is 114 g/mol. The van der Waals surface area contributed by atoms with E-state index >= 15 is 0 Å². The first-order chi connectivity index (χ1) is 4.33. The van der Waals surface area contributed by atoms with Gasteiger partial charge in [0.25, 0.3) is 0 Å². The van der Waals surface area contributed by atoms with E-state index in [0.717, 1.165) is 13.0 Å². The molecule has 1 aliphatic heterocycles. The standard InChI is InChI=1S/C7H11NO/c1-3-7-8-5-4-6(2)9-7/h3,6H,1,4-5H2,2H3. The minimum Gasteiger partial charge on any atom is -0.475 e. The Labute approximate surface area is 55.2 Å². The molecule has 0 spiro atoms. The van der Waals surface area contributed by atoms with Gasteiger partial charge in [-0.3, -0.25) is 4.99 Å². The second kappa shape index (κ2) is 2.67. The van der Waals surface area contributed by atoms with E-state index in [2.05, 4.69) is 11.6 Å². The third kappa shape index (κ3) is 1.56. The Hall–Kier alpha value is -0.790. The van der Waals surface area contributed by atoms with Crippen molar-refractivity contribution in [1.82, 2.24) is 0 Å². The summed E-state index contributed by atoms with van der Waals surface area (Å²) in [6.07, 6.45) is 2.99. The highest BCUT2D eigenvalue weighted by Crippen LogP contribution is 2.05. The normalized spacial score (nSPS) is 26.3. The summed E-state index contributed by atoms with van der Waals surface area (Å²) in [4.78, 5) is 4.07. The summed E-state index contributed by atoms with van der Waals surface area (Å²) in [7, 11) is 0. The van der Waals surface area contributed by atoms with Crippen molar-refractivity contribution in [2.24, 2.45) is 4.99 Å². The monoisotopic (exact) mass is 125 g/mol. The molecule has 1 rings (SSSR count). The van der Waals surface area contributed by atoms with Crippen LogP contribution in [0, 0.1) is 0 Å². The van der Waals surface area contributed by atoms with Gasteiger partial charge in [-0.15, -0.1) is 0 Å². The predicted molar refractivity (Wildman–Crippen MR) is 37.7 cm³/mol. The van der Waals surface area contributed by atoms with Gasteiger partial charge in [0, 0.05) is 13.0 Å². The summed E-state index contributed by atoms with van der Waals surface area (Å²) in [5, 5.41) is 0. The van der Waals surface area contributed by atoms with Gasteiger partial charge in [0.15, 0.2) is 0 Å². The second-order valence-electron chi connectivity index (χ2n) is 2.14.